The number of benzene rings is 1. The van der Waals surface area contributed by atoms with Crippen LogP contribution in [0.15, 0.2) is 18.2 Å². The van der Waals surface area contributed by atoms with Gasteiger partial charge in [-0.3, -0.25) is 14.3 Å². The number of nitrogens with one attached hydrogen (secondary N) is 1. The first-order chi connectivity index (χ1) is 8.45. The van der Waals surface area contributed by atoms with Gasteiger partial charge in [-0.15, -0.1) is 0 Å². The maximum atomic E-state index is 11.2. The zero-order valence-electron chi connectivity index (χ0n) is 10.0. The van der Waals surface area contributed by atoms with Crippen LogP contribution in [-0.2, 0) is 10.8 Å². The molecule has 96 valence electrons. The molecule has 18 heavy (non-hydrogen) atoms. The van der Waals surface area contributed by atoms with Crippen molar-refractivity contribution in [2.75, 3.05) is 18.1 Å². The topological polar surface area (TPSA) is 96.0 Å². The van der Waals surface area contributed by atoms with Crippen molar-refractivity contribution in [3.05, 3.63) is 33.9 Å². The van der Waals surface area contributed by atoms with Crippen molar-refractivity contribution >= 4 is 22.2 Å². The molecule has 0 aliphatic rings. The van der Waals surface area contributed by atoms with Gasteiger partial charge in [-0.25, -0.2) is 0 Å². The van der Waals surface area contributed by atoms with E-state index in [1.165, 1.54) is 18.2 Å². The minimum atomic E-state index is -0.992. The van der Waals surface area contributed by atoms with E-state index < -0.39 is 15.7 Å². The molecule has 1 aromatic rings. The first-order valence-corrected chi connectivity index (χ1v) is 6.82. The van der Waals surface area contributed by atoms with Crippen LogP contribution in [0.25, 0.3) is 0 Å². The Morgan fingerprint density at radius 1 is 1.61 bits per heavy atom. The SMILES string of the molecule is CC(CNc1ccc(C#N)cc1[N+](=O)[O-])S(C)=O. The van der Waals surface area contributed by atoms with Crippen molar-refractivity contribution in [2.45, 2.75) is 12.2 Å². The van der Waals surface area contributed by atoms with Gasteiger partial charge in [-0.05, 0) is 19.1 Å². The Morgan fingerprint density at radius 2 is 2.28 bits per heavy atom. The Balaban J connectivity index is 2.92. The van der Waals surface area contributed by atoms with Gasteiger partial charge in [0.15, 0.2) is 0 Å². The lowest BCUT2D eigenvalue weighted by molar-refractivity contribution is -0.384. The zero-order valence-corrected chi connectivity index (χ0v) is 10.9. The van der Waals surface area contributed by atoms with E-state index in [4.69, 9.17) is 5.26 Å². The molecule has 7 heteroatoms. The zero-order chi connectivity index (χ0) is 13.7. The maximum absolute atomic E-state index is 11.2. The number of hydrogen-bond acceptors (Lipinski definition) is 5. The first kappa shape index (κ1) is 14.1. The van der Waals surface area contributed by atoms with E-state index >= 15 is 0 Å². The smallest absolute Gasteiger partial charge is 0.293 e. The monoisotopic (exact) mass is 267 g/mol. The van der Waals surface area contributed by atoms with Gasteiger partial charge in [0, 0.05) is 34.9 Å². The fraction of sp³-hybridized carbons (Fsp3) is 0.364. The van der Waals surface area contributed by atoms with Crippen LogP contribution < -0.4 is 5.32 Å². The molecule has 0 saturated heterocycles. The highest BCUT2D eigenvalue weighted by Gasteiger charge is 2.15. The van der Waals surface area contributed by atoms with Crippen LogP contribution in [0.3, 0.4) is 0 Å². The summed E-state index contributed by atoms with van der Waals surface area (Å²) in [4.78, 5) is 10.3. The highest BCUT2D eigenvalue weighted by Crippen LogP contribution is 2.25. The molecule has 0 saturated carbocycles. The lowest BCUT2D eigenvalue weighted by Crippen LogP contribution is -2.21. The average Bonchev–Trinajstić information content (AvgIpc) is 2.35. The van der Waals surface area contributed by atoms with Crippen LogP contribution in [0.5, 0.6) is 0 Å². The van der Waals surface area contributed by atoms with Gasteiger partial charge in [0.05, 0.1) is 16.6 Å². The first-order valence-electron chi connectivity index (χ1n) is 5.20. The number of nitro benzene ring substituents is 1. The lowest BCUT2D eigenvalue weighted by Gasteiger charge is -2.11. The van der Waals surface area contributed by atoms with Gasteiger partial charge in [0.2, 0.25) is 0 Å². The molecule has 6 nitrogen and oxygen atoms in total. The van der Waals surface area contributed by atoms with E-state index in [0.29, 0.717) is 12.2 Å². The largest absolute Gasteiger partial charge is 0.378 e. The summed E-state index contributed by atoms with van der Waals surface area (Å²) in [5.74, 6) is 0. The van der Waals surface area contributed by atoms with Crippen molar-refractivity contribution < 1.29 is 9.13 Å². The standard InChI is InChI=1S/C11H13N3O3S/c1-8(18(2)17)7-13-10-4-3-9(6-12)5-11(10)14(15)16/h3-5,8,13H,7H2,1-2H3. The predicted octanol–water partition coefficient (Wildman–Crippen LogP) is 1.65. The second kappa shape index (κ2) is 6.12. The van der Waals surface area contributed by atoms with E-state index in [2.05, 4.69) is 5.32 Å². The van der Waals surface area contributed by atoms with Crippen LogP contribution in [0.4, 0.5) is 11.4 Å². The summed E-state index contributed by atoms with van der Waals surface area (Å²) in [6, 6.07) is 6.06. The van der Waals surface area contributed by atoms with Gasteiger partial charge in [-0.2, -0.15) is 5.26 Å². The Morgan fingerprint density at radius 3 is 2.78 bits per heavy atom. The molecule has 1 rings (SSSR count). The summed E-state index contributed by atoms with van der Waals surface area (Å²) in [7, 11) is -0.992. The molecule has 0 spiro atoms. The van der Waals surface area contributed by atoms with E-state index in [9.17, 15) is 14.3 Å². The summed E-state index contributed by atoms with van der Waals surface area (Å²) in [6.45, 7) is 2.16. The Labute approximate surface area is 107 Å². The molecule has 2 atom stereocenters. The van der Waals surface area contributed by atoms with Crippen molar-refractivity contribution in [3.8, 4) is 6.07 Å². The van der Waals surface area contributed by atoms with Crippen LogP contribution in [-0.4, -0.2) is 27.2 Å². The molecule has 2 unspecified atom stereocenters. The fourth-order valence-corrected chi connectivity index (χ4v) is 1.59. The van der Waals surface area contributed by atoms with E-state index in [1.807, 2.05) is 6.07 Å². The quantitative estimate of drug-likeness (QED) is 0.646. The highest BCUT2D eigenvalue weighted by atomic mass is 32.2. The number of nitrogens with zero attached hydrogens (tertiary/aromatic N) is 2. The summed E-state index contributed by atoms with van der Waals surface area (Å²) >= 11 is 0. The molecule has 0 aromatic heterocycles. The average molecular weight is 267 g/mol. The predicted molar refractivity (Wildman–Crippen MR) is 69.8 cm³/mol. The minimum absolute atomic E-state index is 0.111. The van der Waals surface area contributed by atoms with Crippen LogP contribution >= 0.6 is 0 Å². The molecule has 1 N–H and O–H groups in total. The number of anilines is 1. The number of rotatable bonds is 5. The normalized spacial score (nSPS) is 13.4. The molecule has 0 radical (unpaired) electrons. The van der Waals surface area contributed by atoms with Gasteiger partial charge in [0.25, 0.3) is 5.69 Å². The summed E-state index contributed by atoms with van der Waals surface area (Å²) in [6.07, 6.45) is 1.58. The highest BCUT2D eigenvalue weighted by molar-refractivity contribution is 7.84. The van der Waals surface area contributed by atoms with E-state index in [-0.39, 0.29) is 16.5 Å². The second-order valence-corrected chi connectivity index (χ2v) is 5.59. The molecular formula is C11H13N3O3S. The van der Waals surface area contributed by atoms with Crippen molar-refractivity contribution in [1.29, 1.82) is 5.26 Å². The van der Waals surface area contributed by atoms with Crippen LogP contribution in [0.2, 0.25) is 0 Å². The molecule has 0 bridgehead atoms. The van der Waals surface area contributed by atoms with Crippen molar-refractivity contribution in [1.82, 2.24) is 0 Å². The van der Waals surface area contributed by atoms with Crippen LogP contribution in [0.1, 0.15) is 12.5 Å². The molecule has 0 heterocycles. The van der Waals surface area contributed by atoms with E-state index in [1.54, 1.807) is 13.2 Å². The third-order valence-electron chi connectivity index (χ3n) is 2.47. The van der Waals surface area contributed by atoms with E-state index in [0.717, 1.165) is 0 Å². The van der Waals surface area contributed by atoms with Crippen molar-refractivity contribution in [2.24, 2.45) is 0 Å². The Hall–Kier alpha value is -1.94. The molecule has 0 fully saturated rings. The molecule has 0 aliphatic carbocycles. The number of nitro groups is 1. The Bertz CT molecular complexity index is 525. The van der Waals surface area contributed by atoms with Gasteiger partial charge >= 0.3 is 0 Å². The minimum Gasteiger partial charge on any atom is -0.378 e. The fourth-order valence-electron chi connectivity index (χ4n) is 1.27. The summed E-state index contributed by atoms with van der Waals surface area (Å²) < 4.78 is 11.2. The van der Waals surface area contributed by atoms with Gasteiger partial charge in [0.1, 0.15) is 5.69 Å². The molecule has 1 aromatic carbocycles. The van der Waals surface area contributed by atoms with Gasteiger partial charge < -0.3 is 5.32 Å². The number of nitriles is 1. The molecule has 0 aliphatic heterocycles. The third-order valence-corrected chi connectivity index (χ3v) is 3.77. The number of hydrogen-bond donors (Lipinski definition) is 1. The van der Waals surface area contributed by atoms with Gasteiger partial charge in [-0.1, -0.05) is 0 Å². The Kier molecular flexibility index (Phi) is 4.80. The lowest BCUT2D eigenvalue weighted by atomic mass is 10.2. The van der Waals surface area contributed by atoms with Crippen LogP contribution in [0, 0.1) is 21.4 Å². The molecular weight excluding hydrogens is 254 g/mol. The summed E-state index contributed by atoms with van der Waals surface area (Å²) in [5.41, 5.74) is 0.416. The van der Waals surface area contributed by atoms with Crippen molar-refractivity contribution in [3.63, 3.8) is 0 Å². The second-order valence-electron chi connectivity index (χ2n) is 3.79. The maximum Gasteiger partial charge on any atom is 0.293 e. The third kappa shape index (κ3) is 3.53. The molecule has 0 amide bonds. The summed E-state index contributed by atoms with van der Waals surface area (Å²) in [5, 5.41) is 22.3.